The largest absolute Gasteiger partial charge is 0.469 e. The van der Waals surface area contributed by atoms with E-state index >= 15 is 0 Å². The standard InChI is InChI=1S/C3H7Cl.CHClO2/c1-2-3-4;2-1(3)4/h2-3H2,1H3;(H,3,4). The normalized spacial score (nSPS) is 6.88. The minimum absolute atomic E-state index is 0.792. The first-order chi connectivity index (χ1) is 3.65. The van der Waals surface area contributed by atoms with Gasteiger partial charge in [-0.15, -0.1) is 11.6 Å². The molecule has 0 aliphatic rings. The van der Waals surface area contributed by atoms with Crippen molar-refractivity contribution in [2.24, 2.45) is 0 Å². The summed E-state index contributed by atoms with van der Waals surface area (Å²) in [6.07, 6.45) is 1.08. The lowest BCUT2D eigenvalue weighted by atomic mass is 10.6. The summed E-state index contributed by atoms with van der Waals surface area (Å²) in [6, 6.07) is 0. The minimum Gasteiger partial charge on any atom is -0.469 e. The van der Waals surface area contributed by atoms with Crippen molar-refractivity contribution in [2.75, 3.05) is 5.88 Å². The van der Waals surface area contributed by atoms with Crippen LogP contribution in [0.5, 0.6) is 0 Å². The number of hydrogen-bond acceptors (Lipinski definition) is 1. The van der Waals surface area contributed by atoms with Crippen LogP contribution < -0.4 is 0 Å². The highest BCUT2D eigenvalue weighted by atomic mass is 35.5. The van der Waals surface area contributed by atoms with Crippen LogP contribution in [0, 0.1) is 0 Å². The third kappa shape index (κ3) is 140. The van der Waals surface area contributed by atoms with Crippen molar-refractivity contribution < 1.29 is 9.90 Å². The first-order valence-electron chi connectivity index (χ1n) is 2.09. The van der Waals surface area contributed by atoms with E-state index in [2.05, 4.69) is 11.6 Å². The molecule has 0 aliphatic heterocycles. The summed E-state index contributed by atoms with van der Waals surface area (Å²) in [7, 11) is 0. The second-order valence-corrected chi connectivity index (χ2v) is 1.64. The van der Waals surface area contributed by atoms with Crippen LogP contribution in [0.25, 0.3) is 0 Å². The van der Waals surface area contributed by atoms with E-state index in [1.54, 1.807) is 0 Å². The molecule has 0 fully saturated rings. The lowest BCUT2D eigenvalue weighted by molar-refractivity contribution is 0.220. The Balaban J connectivity index is 0. The summed E-state index contributed by atoms with van der Waals surface area (Å²) >= 11 is 9.38. The summed E-state index contributed by atoms with van der Waals surface area (Å²) < 4.78 is 0. The highest BCUT2D eigenvalue weighted by Crippen LogP contribution is 1.75. The van der Waals surface area contributed by atoms with Gasteiger partial charge in [-0.3, -0.25) is 0 Å². The fraction of sp³-hybridized carbons (Fsp3) is 0.750. The Morgan fingerprint density at radius 1 is 1.75 bits per heavy atom. The van der Waals surface area contributed by atoms with E-state index in [1.807, 2.05) is 6.92 Å². The number of alkyl halides is 1. The van der Waals surface area contributed by atoms with Gasteiger partial charge in [0.15, 0.2) is 0 Å². The van der Waals surface area contributed by atoms with Crippen molar-refractivity contribution in [1.29, 1.82) is 0 Å². The molecule has 2 nitrogen and oxygen atoms in total. The molecular formula is C4H8Cl2O2. The molecule has 0 saturated heterocycles. The maximum Gasteiger partial charge on any atom is 0.401 e. The summed E-state index contributed by atoms with van der Waals surface area (Å²) in [5.41, 5.74) is -1.36. The van der Waals surface area contributed by atoms with Crippen LogP contribution >= 0.6 is 23.2 Å². The lowest BCUT2D eigenvalue weighted by Gasteiger charge is -1.65. The van der Waals surface area contributed by atoms with Gasteiger partial charge in [-0.25, -0.2) is 4.79 Å². The lowest BCUT2D eigenvalue weighted by Crippen LogP contribution is -1.66. The van der Waals surface area contributed by atoms with Crippen molar-refractivity contribution >= 4 is 28.6 Å². The predicted molar refractivity (Wildman–Crippen MR) is 34.9 cm³/mol. The van der Waals surface area contributed by atoms with Crippen LogP contribution in [-0.2, 0) is 0 Å². The number of carboxylic acid groups (broad SMARTS) is 1. The number of halogens is 2. The zero-order valence-corrected chi connectivity index (χ0v) is 6.04. The van der Waals surface area contributed by atoms with Gasteiger partial charge in [-0.1, -0.05) is 6.92 Å². The van der Waals surface area contributed by atoms with Gasteiger partial charge in [0.25, 0.3) is 0 Å². The average Bonchev–Trinajstić information content (AvgIpc) is 1.65. The number of hydrogen-bond donors (Lipinski definition) is 1. The molecule has 0 rings (SSSR count). The monoisotopic (exact) mass is 158 g/mol. The van der Waals surface area contributed by atoms with Gasteiger partial charge >= 0.3 is 5.43 Å². The molecule has 0 saturated carbocycles. The molecule has 8 heavy (non-hydrogen) atoms. The molecule has 4 heteroatoms. The summed E-state index contributed by atoms with van der Waals surface area (Å²) in [4.78, 5) is 8.77. The van der Waals surface area contributed by atoms with E-state index < -0.39 is 5.43 Å². The van der Waals surface area contributed by atoms with Crippen LogP contribution in [0.15, 0.2) is 0 Å². The Morgan fingerprint density at radius 3 is 1.88 bits per heavy atom. The van der Waals surface area contributed by atoms with Crippen molar-refractivity contribution in [3.8, 4) is 0 Å². The molecule has 1 N–H and O–H groups in total. The molecule has 0 unspecified atom stereocenters. The predicted octanol–water partition coefficient (Wildman–Crippen LogP) is 2.54. The van der Waals surface area contributed by atoms with Gasteiger partial charge in [0.2, 0.25) is 0 Å². The van der Waals surface area contributed by atoms with Gasteiger partial charge in [0, 0.05) is 17.5 Å². The van der Waals surface area contributed by atoms with E-state index in [1.165, 1.54) is 0 Å². The van der Waals surface area contributed by atoms with Crippen molar-refractivity contribution in [3.63, 3.8) is 0 Å². The van der Waals surface area contributed by atoms with Crippen LogP contribution in [0.1, 0.15) is 13.3 Å². The van der Waals surface area contributed by atoms with Gasteiger partial charge < -0.3 is 5.11 Å². The van der Waals surface area contributed by atoms with E-state index in [9.17, 15) is 0 Å². The van der Waals surface area contributed by atoms with Crippen LogP contribution in [0.4, 0.5) is 4.79 Å². The molecule has 0 heterocycles. The highest BCUT2D eigenvalue weighted by molar-refractivity contribution is 6.60. The Labute approximate surface area is 58.4 Å². The summed E-state index contributed by atoms with van der Waals surface area (Å²) in [5.74, 6) is 0.792. The molecule has 0 aromatic carbocycles. The Morgan fingerprint density at radius 2 is 1.88 bits per heavy atom. The van der Waals surface area contributed by atoms with Crippen LogP contribution in [-0.4, -0.2) is 16.4 Å². The fourth-order valence-electron chi connectivity index (χ4n) is 0. The van der Waals surface area contributed by atoms with Crippen LogP contribution in [0.2, 0.25) is 0 Å². The summed E-state index contributed by atoms with van der Waals surface area (Å²) in [6.45, 7) is 2.05. The van der Waals surface area contributed by atoms with E-state index in [-0.39, 0.29) is 0 Å². The second-order valence-electron chi connectivity index (χ2n) is 0.942. The van der Waals surface area contributed by atoms with Crippen LogP contribution in [0.3, 0.4) is 0 Å². The molecule has 0 amide bonds. The molecule has 0 bridgehead atoms. The Kier molecular flexibility index (Phi) is 13.8. The third-order valence-corrected chi connectivity index (χ3v) is 0.567. The smallest absolute Gasteiger partial charge is 0.401 e. The minimum atomic E-state index is -1.36. The van der Waals surface area contributed by atoms with E-state index in [0.717, 1.165) is 12.3 Å². The zero-order chi connectivity index (χ0) is 6.99. The average molecular weight is 159 g/mol. The highest BCUT2D eigenvalue weighted by Gasteiger charge is 1.71. The topological polar surface area (TPSA) is 37.3 Å². The van der Waals surface area contributed by atoms with Crippen molar-refractivity contribution in [3.05, 3.63) is 0 Å². The van der Waals surface area contributed by atoms with Gasteiger partial charge in [0.1, 0.15) is 0 Å². The third-order valence-electron chi connectivity index (χ3n) is 0.189. The molecule has 0 spiro atoms. The molecule has 0 aliphatic carbocycles. The number of rotatable bonds is 1. The van der Waals surface area contributed by atoms with Gasteiger partial charge in [-0.2, -0.15) is 0 Å². The first-order valence-corrected chi connectivity index (χ1v) is 3.00. The second kappa shape index (κ2) is 10.1. The summed E-state index contributed by atoms with van der Waals surface area (Å²) in [5, 5.41) is 7.18. The van der Waals surface area contributed by atoms with Crippen molar-refractivity contribution in [2.45, 2.75) is 13.3 Å². The molecule has 0 aromatic heterocycles. The van der Waals surface area contributed by atoms with E-state index in [4.69, 9.17) is 21.5 Å². The maximum absolute atomic E-state index is 8.77. The van der Waals surface area contributed by atoms with E-state index in [0.29, 0.717) is 0 Å². The Bertz CT molecular complexity index is 50.0. The molecule has 0 atom stereocenters. The van der Waals surface area contributed by atoms with Gasteiger partial charge in [-0.05, 0) is 6.42 Å². The molecule has 0 aromatic rings. The Hall–Kier alpha value is 0.0500. The SMILES string of the molecule is CCCCl.O=C(O)Cl. The first kappa shape index (κ1) is 10.9. The zero-order valence-electron chi connectivity index (χ0n) is 4.53. The van der Waals surface area contributed by atoms with Gasteiger partial charge in [0.05, 0.1) is 0 Å². The molecule has 0 radical (unpaired) electrons. The number of carbonyl (C=O) groups is 1. The molecule has 50 valence electrons. The quantitative estimate of drug-likeness (QED) is 0.471. The van der Waals surface area contributed by atoms with Crippen molar-refractivity contribution in [1.82, 2.24) is 0 Å². The molecular weight excluding hydrogens is 151 g/mol. The fourth-order valence-corrected chi connectivity index (χ4v) is 0. The maximum atomic E-state index is 8.77.